The van der Waals surface area contributed by atoms with E-state index in [1.165, 1.54) is 10.4 Å². The first-order valence-corrected chi connectivity index (χ1v) is 5.50. The van der Waals surface area contributed by atoms with Gasteiger partial charge < -0.3 is 14.8 Å². The number of nitrogens with one attached hydrogen (secondary N) is 1. The molecule has 0 saturated heterocycles. The number of aromatic nitrogens is 1. The number of anilines is 1. The van der Waals surface area contributed by atoms with E-state index in [0.29, 0.717) is 6.54 Å². The van der Waals surface area contributed by atoms with Crippen LogP contribution in [0.25, 0.3) is 0 Å². The topological polar surface area (TPSA) is 75.4 Å². The zero-order valence-electron chi connectivity index (χ0n) is 8.56. The summed E-state index contributed by atoms with van der Waals surface area (Å²) in [6.45, 7) is 2.61. The van der Waals surface area contributed by atoms with Gasteiger partial charge >= 0.3 is 5.97 Å². The maximum absolute atomic E-state index is 10.6. The molecule has 0 unspecified atom stereocenters. The molecular formula is C10H10N2O3S. The Morgan fingerprint density at radius 2 is 2.50 bits per heavy atom. The number of aryl methyl sites for hydroxylation is 1. The van der Waals surface area contributed by atoms with Crippen LogP contribution in [0.5, 0.6) is 0 Å². The highest BCUT2D eigenvalue weighted by atomic mass is 32.1. The van der Waals surface area contributed by atoms with Crippen molar-refractivity contribution in [2.24, 2.45) is 0 Å². The van der Waals surface area contributed by atoms with Crippen molar-refractivity contribution < 1.29 is 14.3 Å². The Balaban J connectivity index is 2.00. The first kappa shape index (κ1) is 10.7. The van der Waals surface area contributed by atoms with E-state index in [1.807, 2.05) is 18.4 Å². The molecule has 0 aliphatic heterocycles. The smallest absolute Gasteiger partial charge is 0.357 e. The second-order valence-electron chi connectivity index (χ2n) is 3.22. The van der Waals surface area contributed by atoms with Gasteiger partial charge in [0.25, 0.3) is 6.01 Å². The predicted molar refractivity (Wildman–Crippen MR) is 59.8 cm³/mol. The predicted octanol–water partition coefficient (Wildman–Crippen LogP) is 2.35. The van der Waals surface area contributed by atoms with Gasteiger partial charge in [0.1, 0.15) is 6.26 Å². The molecule has 5 nitrogen and oxygen atoms in total. The van der Waals surface area contributed by atoms with Gasteiger partial charge in [0, 0.05) is 4.88 Å². The minimum Gasteiger partial charge on any atom is -0.476 e. The van der Waals surface area contributed by atoms with E-state index in [-0.39, 0.29) is 11.7 Å². The summed E-state index contributed by atoms with van der Waals surface area (Å²) in [6.07, 6.45) is 1.12. The van der Waals surface area contributed by atoms with Gasteiger partial charge in [-0.15, -0.1) is 11.3 Å². The molecular weight excluding hydrogens is 228 g/mol. The van der Waals surface area contributed by atoms with Gasteiger partial charge in [0.15, 0.2) is 5.69 Å². The second kappa shape index (κ2) is 4.36. The Labute approximate surface area is 95.7 Å². The third-order valence-electron chi connectivity index (χ3n) is 2.09. The Bertz CT molecular complexity index is 504. The van der Waals surface area contributed by atoms with E-state index in [1.54, 1.807) is 11.3 Å². The molecule has 2 aromatic rings. The number of carbonyl (C=O) groups is 1. The van der Waals surface area contributed by atoms with Crippen LogP contribution in [-0.4, -0.2) is 16.1 Å². The monoisotopic (exact) mass is 238 g/mol. The molecule has 2 heterocycles. The fraction of sp³-hybridized carbons (Fsp3) is 0.200. The normalized spacial score (nSPS) is 10.3. The summed E-state index contributed by atoms with van der Waals surface area (Å²) in [5.41, 5.74) is 1.10. The number of oxazole rings is 1. The summed E-state index contributed by atoms with van der Waals surface area (Å²) in [6, 6.07) is 2.25. The summed E-state index contributed by atoms with van der Waals surface area (Å²) in [5.74, 6) is -1.09. The number of carboxylic acids is 1. The second-order valence-corrected chi connectivity index (χ2v) is 4.22. The summed E-state index contributed by atoms with van der Waals surface area (Å²) < 4.78 is 4.97. The SMILES string of the molecule is Cc1ccsc1CNc1nc(C(=O)O)co1. The maximum Gasteiger partial charge on any atom is 0.357 e. The van der Waals surface area contributed by atoms with Crippen LogP contribution >= 0.6 is 11.3 Å². The molecule has 2 aromatic heterocycles. The van der Waals surface area contributed by atoms with Crippen LogP contribution in [0.15, 0.2) is 22.1 Å². The largest absolute Gasteiger partial charge is 0.476 e. The molecule has 0 saturated carbocycles. The van der Waals surface area contributed by atoms with E-state index in [2.05, 4.69) is 10.3 Å². The van der Waals surface area contributed by atoms with Crippen molar-refractivity contribution in [3.8, 4) is 0 Å². The number of aromatic carboxylic acids is 1. The van der Waals surface area contributed by atoms with E-state index < -0.39 is 5.97 Å². The van der Waals surface area contributed by atoms with Crippen molar-refractivity contribution in [3.05, 3.63) is 33.8 Å². The zero-order valence-corrected chi connectivity index (χ0v) is 9.37. The lowest BCUT2D eigenvalue weighted by atomic mass is 10.3. The first-order chi connectivity index (χ1) is 7.66. The molecule has 0 aromatic carbocycles. The highest BCUT2D eigenvalue weighted by Crippen LogP contribution is 2.17. The molecule has 0 aliphatic carbocycles. The molecule has 16 heavy (non-hydrogen) atoms. The van der Waals surface area contributed by atoms with Crippen LogP contribution in [0, 0.1) is 6.92 Å². The van der Waals surface area contributed by atoms with Crippen LogP contribution in [-0.2, 0) is 6.54 Å². The number of hydrogen-bond acceptors (Lipinski definition) is 5. The molecule has 0 amide bonds. The van der Waals surface area contributed by atoms with Crippen molar-refractivity contribution in [2.75, 3.05) is 5.32 Å². The van der Waals surface area contributed by atoms with Crippen LogP contribution < -0.4 is 5.32 Å². The Morgan fingerprint density at radius 1 is 1.69 bits per heavy atom. The standard InChI is InChI=1S/C10H10N2O3S/c1-6-2-3-16-8(6)4-11-10-12-7(5-15-10)9(13)14/h2-3,5H,4H2,1H3,(H,11,12)(H,13,14). The fourth-order valence-electron chi connectivity index (χ4n) is 1.19. The molecule has 2 N–H and O–H groups in total. The first-order valence-electron chi connectivity index (χ1n) is 4.62. The minimum atomic E-state index is -1.09. The van der Waals surface area contributed by atoms with Gasteiger partial charge in [-0.1, -0.05) is 0 Å². The molecule has 84 valence electrons. The zero-order chi connectivity index (χ0) is 11.5. The third kappa shape index (κ3) is 2.22. The van der Waals surface area contributed by atoms with E-state index in [4.69, 9.17) is 9.52 Å². The summed E-state index contributed by atoms with van der Waals surface area (Å²) in [5, 5.41) is 13.6. The molecule has 0 bridgehead atoms. The van der Waals surface area contributed by atoms with Crippen molar-refractivity contribution in [3.63, 3.8) is 0 Å². The fourth-order valence-corrected chi connectivity index (χ4v) is 2.04. The number of hydrogen-bond donors (Lipinski definition) is 2. The number of nitrogens with zero attached hydrogens (tertiary/aromatic N) is 1. The lowest BCUT2D eigenvalue weighted by Crippen LogP contribution is -2.00. The Hall–Kier alpha value is -1.82. The third-order valence-corrected chi connectivity index (χ3v) is 3.11. The van der Waals surface area contributed by atoms with Crippen molar-refractivity contribution in [1.29, 1.82) is 0 Å². The van der Waals surface area contributed by atoms with Crippen molar-refractivity contribution in [1.82, 2.24) is 4.98 Å². The average Bonchev–Trinajstić information content (AvgIpc) is 2.83. The van der Waals surface area contributed by atoms with Gasteiger partial charge in [-0.25, -0.2) is 4.79 Å². The molecule has 0 aliphatic rings. The summed E-state index contributed by atoms with van der Waals surface area (Å²) >= 11 is 1.63. The van der Waals surface area contributed by atoms with Crippen LogP contribution in [0.1, 0.15) is 20.9 Å². The van der Waals surface area contributed by atoms with Gasteiger partial charge in [0.05, 0.1) is 6.54 Å². The molecule has 6 heteroatoms. The van der Waals surface area contributed by atoms with Gasteiger partial charge in [-0.05, 0) is 23.9 Å². The lowest BCUT2D eigenvalue weighted by Gasteiger charge is -1.99. The minimum absolute atomic E-state index is 0.0922. The Morgan fingerprint density at radius 3 is 3.06 bits per heavy atom. The van der Waals surface area contributed by atoms with E-state index in [9.17, 15) is 4.79 Å². The molecule has 2 rings (SSSR count). The quantitative estimate of drug-likeness (QED) is 0.855. The number of rotatable bonds is 4. The number of carboxylic acid groups (broad SMARTS) is 1. The van der Waals surface area contributed by atoms with Crippen molar-refractivity contribution in [2.45, 2.75) is 13.5 Å². The molecule has 0 spiro atoms. The highest BCUT2D eigenvalue weighted by molar-refractivity contribution is 7.10. The lowest BCUT2D eigenvalue weighted by molar-refractivity contribution is 0.0690. The number of thiophene rings is 1. The molecule has 0 atom stereocenters. The highest BCUT2D eigenvalue weighted by Gasteiger charge is 2.10. The van der Waals surface area contributed by atoms with Crippen molar-refractivity contribution >= 4 is 23.3 Å². The maximum atomic E-state index is 10.6. The Kier molecular flexibility index (Phi) is 2.91. The van der Waals surface area contributed by atoms with Gasteiger partial charge in [-0.3, -0.25) is 0 Å². The summed E-state index contributed by atoms with van der Waals surface area (Å²) in [4.78, 5) is 15.5. The van der Waals surface area contributed by atoms with E-state index in [0.717, 1.165) is 6.26 Å². The summed E-state index contributed by atoms with van der Waals surface area (Å²) in [7, 11) is 0. The molecule has 0 radical (unpaired) electrons. The molecule has 0 fully saturated rings. The van der Waals surface area contributed by atoms with Crippen LogP contribution in [0.4, 0.5) is 6.01 Å². The van der Waals surface area contributed by atoms with E-state index >= 15 is 0 Å². The van der Waals surface area contributed by atoms with Gasteiger partial charge in [0.2, 0.25) is 0 Å². The van der Waals surface area contributed by atoms with Crippen LogP contribution in [0.2, 0.25) is 0 Å². The van der Waals surface area contributed by atoms with Crippen LogP contribution in [0.3, 0.4) is 0 Å². The average molecular weight is 238 g/mol. The van der Waals surface area contributed by atoms with Gasteiger partial charge in [-0.2, -0.15) is 4.98 Å².